The fourth-order valence-electron chi connectivity index (χ4n) is 2.88. The van der Waals surface area contributed by atoms with Gasteiger partial charge in [-0.3, -0.25) is 19.2 Å². The molecule has 134 valence electrons. The van der Waals surface area contributed by atoms with Crippen LogP contribution in [0.3, 0.4) is 0 Å². The number of rotatable bonds is 7. The summed E-state index contributed by atoms with van der Waals surface area (Å²) >= 11 is 0. The molecule has 8 nitrogen and oxygen atoms in total. The largest absolute Gasteiger partial charge is 0.366 e. The lowest BCUT2D eigenvalue weighted by atomic mass is 9.92. The standard InChI is InChI=1S/C18H18N4O4/c19-15(23)11-5-1-3-9(13(11)17(21)25)7-8-10-4-2-6-12(16(20)24)14(10)18(22)26/h1-6H,7-8H2,(H2,19,23)(H2,20,24)(H2,21,25)(H2,22,26). The van der Waals surface area contributed by atoms with Gasteiger partial charge >= 0.3 is 0 Å². The van der Waals surface area contributed by atoms with Crippen molar-refractivity contribution in [3.8, 4) is 0 Å². The summed E-state index contributed by atoms with van der Waals surface area (Å²) in [6.07, 6.45) is 0.532. The number of amides is 4. The van der Waals surface area contributed by atoms with Crippen LogP contribution in [-0.4, -0.2) is 23.6 Å². The Morgan fingerprint density at radius 2 is 0.923 bits per heavy atom. The van der Waals surface area contributed by atoms with Crippen LogP contribution in [0.5, 0.6) is 0 Å². The van der Waals surface area contributed by atoms with E-state index in [-0.39, 0.29) is 35.1 Å². The van der Waals surface area contributed by atoms with Crippen molar-refractivity contribution in [2.75, 3.05) is 0 Å². The van der Waals surface area contributed by atoms with Crippen LogP contribution >= 0.6 is 0 Å². The van der Waals surface area contributed by atoms with E-state index in [1.165, 1.54) is 12.1 Å². The highest BCUT2D eigenvalue weighted by Gasteiger charge is 2.20. The molecule has 0 bridgehead atoms. The maximum atomic E-state index is 11.8. The first-order chi connectivity index (χ1) is 12.2. The lowest BCUT2D eigenvalue weighted by Crippen LogP contribution is -2.24. The Morgan fingerprint density at radius 3 is 1.19 bits per heavy atom. The maximum absolute atomic E-state index is 11.8. The fourth-order valence-corrected chi connectivity index (χ4v) is 2.88. The molecule has 0 saturated carbocycles. The van der Waals surface area contributed by atoms with Gasteiger partial charge in [-0.05, 0) is 36.1 Å². The molecule has 0 atom stereocenters. The number of benzene rings is 2. The lowest BCUT2D eigenvalue weighted by Gasteiger charge is -2.13. The van der Waals surface area contributed by atoms with E-state index in [1.807, 2.05) is 0 Å². The second kappa shape index (κ2) is 7.47. The van der Waals surface area contributed by atoms with E-state index in [4.69, 9.17) is 22.9 Å². The molecule has 0 saturated heterocycles. The Balaban J connectivity index is 2.45. The molecular formula is C18H18N4O4. The molecule has 0 aliphatic rings. The Morgan fingerprint density at radius 1 is 0.577 bits per heavy atom. The van der Waals surface area contributed by atoms with Crippen molar-refractivity contribution in [3.05, 3.63) is 69.8 Å². The molecule has 2 aromatic carbocycles. The summed E-state index contributed by atoms with van der Waals surface area (Å²) in [5.41, 5.74) is 22.4. The molecular weight excluding hydrogens is 336 g/mol. The Labute approximate surface area is 149 Å². The summed E-state index contributed by atoms with van der Waals surface area (Å²) in [6, 6.07) is 9.25. The summed E-state index contributed by atoms with van der Waals surface area (Å²) in [7, 11) is 0. The van der Waals surface area contributed by atoms with Crippen LogP contribution in [0.4, 0.5) is 0 Å². The zero-order valence-electron chi connectivity index (χ0n) is 13.8. The number of carbonyl (C=O) groups is 4. The number of primary amides is 4. The molecule has 0 aliphatic heterocycles. The van der Waals surface area contributed by atoms with Gasteiger partial charge in [-0.2, -0.15) is 0 Å². The van der Waals surface area contributed by atoms with Gasteiger partial charge in [0.25, 0.3) is 0 Å². The maximum Gasteiger partial charge on any atom is 0.249 e. The molecule has 8 heteroatoms. The molecule has 4 amide bonds. The van der Waals surface area contributed by atoms with E-state index >= 15 is 0 Å². The molecule has 26 heavy (non-hydrogen) atoms. The number of aryl methyl sites for hydroxylation is 2. The van der Waals surface area contributed by atoms with Crippen molar-refractivity contribution in [2.45, 2.75) is 12.8 Å². The third kappa shape index (κ3) is 3.69. The minimum Gasteiger partial charge on any atom is -0.366 e. The molecule has 2 aromatic rings. The summed E-state index contributed by atoms with van der Waals surface area (Å²) in [5, 5.41) is 0. The van der Waals surface area contributed by atoms with Crippen molar-refractivity contribution < 1.29 is 19.2 Å². The summed E-state index contributed by atoms with van der Waals surface area (Å²) in [5.74, 6) is -3.10. The molecule has 8 N–H and O–H groups in total. The topological polar surface area (TPSA) is 172 Å². The number of nitrogens with two attached hydrogens (primary N) is 4. The third-order valence-electron chi connectivity index (χ3n) is 3.99. The molecule has 2 rings (SSSR count). The van der Waals surface area contributed by atoms with E-state index in [0.29, 0.717) is 11.1 Å². The van der Waals surface area contributed by atoms with Gasteiger partial charge in [0.2, 0.25) is 23.6 Å². The second-order valence-corrected chi connectivity index (χ2v) is 5.64. The highest BCUT2D eigenvalue weighted by molar-refractivity contribution is 6.08. The molecule has 0 unspecified atom stereocenters. The van der Waals surface area contributed by atoms with Gasteiger partial charge < -0.3 is 22.9 Å². The van der Waals surface area contributed by atoms with Gasteiger partial charge in [-0.1, -0.05) is 24.3 Å². The van der Waals surface area contributed by atoms with Gasteiger partial charge in [0, 0.05) is 0 Å². The first kappa shape index (κ1) is 18.7. The van der Waals surface area contributed by atoms with Gasteiger partial charge in [-0.25, -0.2) is 0 Å². The van der Waals surface area contributed by atoms with Gasteiger partial charge in [0.05, 0.1) is 22.3 Å². The number of hydrogen-bond donors (Lipinski definition) is 4. The Hall–Kier alpha value is -3.68. The van der Waals surface area contributed by atoms with Crippen molar-refractivity contribution in [1.29, 1.82) is 0 Å². The van der Waals surface area contributed by atoms with Crippen LogP contribution in [0.15, 0.2) is 36.4 Å². The molecule has 0 fully saturated rings. The smallest absolute Gasteiger partial charge is 0.249 e. The Bertz CT molecular complexity index is 846. The molecule has 0 heterocycles. The fraction of sp³-hybridized carbons (Fsp3) is 0.111. The highest BCUT2D eigenvalue weighted by Crippen LogP contribution is 2.20. The molecule has 0 radical (unpaired) electrons. The molecule has 0 aromatic heterocycles. The third-order valence-corrected chi connectivity index (χ3v) is 3.99. The average molecular weight is 354 g/mol. The van der Waals surface area contributed by atoms with Crippen molar-refractivity contribution in [1.82, 2.24) is 0 Å². The normalized spacial score (nSPS) is 10.3. The monoisotopic (exact) mass is 354 g/mol. The van der Waals surface area contributed by atoms with E-state index in [1.54, 1.807) is 24.3 Å². The summed E-state index contributed by atoms with van der Waals surface area (Å²) in [6.45, 7) is 0. The predicted octanol–water partition coefficient (Wildman–Crippen LogP) is -0.133. The highest BCUT2D eigenvalue weighted by atomic mass is 16.2. The van der Waals surface area contributed by atoms with Crippen LogP contribution in [0.2, 0.25) is 0 Å². The van der Waals surface area contributed by atoms with Crippen LogP contribution < -0.4 is 22.9 Å². The second-order valence-electron chi connectivity index (χ2n) is 5.64. The van der Waals surface area contributed by atoms with E-state index < -0.39 is 23.6 Å². The Kier molecular flexibility index (Phi) is 5.36. The summed E-state index contributed by atoms with van der Waals surface area (Å²) < 4.78 is 0. The van der Waals surface area contributed by atoms with Crippen LogP contribution in [0.1, 0.15) is 52.6 Å². The van der Waals surface area contributed by atoms with E-state index in [2.05, 4.69) is 0 Å². The minimum atomic E-state index is -0.782. The van der Waals surface area contributed by atoms with Gasteiger partial charge in [0.15, 0.2) is 0 Å². The predicted molar refractivity (Wildman–Crippen MR) is 94.4 cm³/mol. The quantitative estimate of drug-likeness (QED) is 0.542. The molecule has 0 aliphatic carbocycles. The van der Waals surface area contributed by atoms with Crippen molar-refractivity contribution in [3.63, 3.8) is 0 Å². The van der Waals surface area contributed by atoms with Gasteiger partial charge in [-0.15, -0.1) is 0 Å². The molecule has 0 spiro atoms. The van der Waals surface area contributed by atoms with Crippen molar-refractivity contribution >= 4 is 23.6 Å². The van der Waals surface area contributed by atoms with Crippen LogP contribution in [0.25, 0.3) is 0 Å². The lowest BCUT2D eigenvalue weighted by molar-refractivity contribution is 0.0966. The van der Waals surface area contributed by atoms with Crippen LogP contribution in [0, 0.1) is 0 Å². The first-order valence-electron chi connectivity index (χ1n) is 7.67. The zero-order chi connectivity index (χ0) is 19.4. The van der Waals surface area contributed by atoms with E-state index in [9.17, 15) is 19.2 Å². The zero-order valence-corrected chi connectivity index (χ0v) is 13.8. The SMILES string of the molecule is NC(=O)c1cccc(CCc2cccc(C(N)=O)c2C(N)=O)c1C(N)=O. The van der Waals surface area contributed by atoms with E-state index in [0.717, 1.165) is 0 Å². The summed E-state index contributed by atoms with van der Waals surface area (Å²) in [4.78, 5) is 46.5. The van der Waals surface area contributed by atoms with Crippen LogP contribution in [-0.2, 0) is 12.8 Å². The first-order valence-corrected chi connectivity index (χ1v) is 7.67. The minimum absolute atomic E-state index is 0.0241. The number of hydrogen-bond acceptors (Lipinski definition) is 4. The van der Waals surface area contributed by atoms with Crippen molar-refractivity contribution in [2.24, 2.45) is 22.9 Å². The van der Waals surface area contributed by atoms with Gasteiger partial charge in [0.1, 0.15) is 0 Å². The average Bonchev–Trinajstić information content (AvgIpc) is 2.58. The number of carbonyl (C=O) groups excluding carboxylic acids is 4.